The van der Waals surface area contributed by atoms with Crippen LogP contribution in [0.5, 0.6) is 0 Å². The van der Waals surface area contributed by atoms with Crippen molar-refractivity contribution in [2.24, 2.45) is 17.8 Å². The molecular weight excluding hydrogens is 338 g/mol. The summed E-state index contributed by atoms with van der Waals surface area (Å²) in [5.41, 5.74) is 0.844. The smallest absolute Gasteiger partial charge is 0.222 e. The molecule has 2 aliphatic carbocycles. The largest absolute Gasteiger partial charge is 0.385 e. The fraction of sp³-hybridized carbons (Fsp3) is 0.579. The molecule has 0 radical (unpaired) electrons. The summed E-state index contributed by atoms with van der Waals surface area (Å²) in [6, 6.07) is 3.71. The van der Waals surface area contributed by atoms with Crippen molar-refractivity contribution >= 4 is 28.4 Å². The Hall–Kier alpha value is -1.59. The molecule has 1 aromatic heterocycles. The highest BCUT2D eigenvalue weighted by molar-refractivity contribution is 6.31. The summed E-state index contributed by atoms with van der Waals surface area (Å²) in [4.78, 5) is 14.4. The molecule has 1 unspecified atom stereocenters. The Balaban J connectivity index is 1.37. The van der Waals surface area contributed by atoms with E-state index >= 15 is 0 Å². The van der Waals surface area contributed by atoms with Gasteiger partial charge in [-0.15, -0.1) is 0 Å². The lowest BCUT2D eigenvalue weighted by molar-refractivity contribution is -0.131. The third-order valence-electron chi connectivity index (χ3n) is 6.31. The van der Waals surface area contributed by atoms with E-state index in [4.69, 9.17) is 11.6 Å². The lowest BCUT2D eigenvalue weighted by atomic mass is 9.88. The van der Waals surface area contributed by atoms with Gasteiger partial charge in [-0.25, -0.2) is 0 Å². The molecule has 3 atom stereocenters. The Morgan fingerprint density at radius 2 is 2.04 bits per heavy atom. The normalized spacial score (nSPS) is 31.7. The molecule has 2 aromatic rings. The number of carbonyl (C=O) groups is 1. The second kappa shape index (κ2) is 5.45. The molecule has 6 heteroatoms. The van der Waals surface area contributed by atoms with Crippen molar-refractivity contribution in [2.75, 3.05) is 13.1 Å². The van der Waals surface area contributed by atoms with Crippen molar-refractivity contribution in [2.45, 2.75) is 37.7 Å². The number of fused-ring (bicyclic) bond motifs is 2. The predicted molar refractivity (Wildman–Crippen MR) is 95.1 cm³/mol. The molecule has 2 N–H and O–H groups in total. The van der Waals surface area contributed by atoms with Crippen LogP contribution in [-0.4, -0.2) is 39.2 Å². The summed E-state index contributed by atoms with van der Waals surface area (Å²) >= 11 is 6.25. The molecule has 0 spiro atoms. The molecule has 2 saturated carbocycles. The van der Waals surface area contributed by atoms with Crippen molar-refractivity contribution in [1.29, 1.82) is 0 Å². The van der Waals surface area contributed by atoms with E-state index in [9.17, 15) is 9.90 Å². The van der Waals surface area contributed by atoms with E-state index in [1.165, 1.54) is 12.8 Å². The third kappa shape index (κ3) is 2.64. The number of nitrogens with one attached hydrogen (secondary N) is 1. The van der Waals surface area contributed by atoms with Crippen LogP contribution in [0.25, 0.3) is 10.9 Å². The number of aliphatic hydroxyl groups is 1. The zero-order chi connectivity index (χ0) is 17.2. The molecule has 3 fully saturated rings. The van der Waals surface area contributed by atoms with Gasteiger partial charge >= 0.3 is 0 Å². The molecule has 0 bridgehead atoms. The van der Waals surface area contributed by atoms with E-state index < -0.39 is 5.60 Å². The molecule has 132 valence electrons. The maximum absolute atomic E-state index is 12.4. The van der Waals surface area contributed by atoms with Crippen molar-refractivity contribution in [3.63, 3.8) is 0 Å². The number of H-pyrrole nitrogens is 1. The van der Waals surface area contributed by atoms with Crippen LogP contribution in [0.15, 0.2) is 18.3 Å². The monoisotopic (exact) mass is 359 g/mol. The van der Waals surface area contributed by atoms with Gasteiger partial charge in [0.25, 0.3) is 0 Å². The Kier molecular flexibility index (Phi) is 3.41. The van der Waals surface area contributed by atoms with Gasteiger partial charge in [0.05, 0.1) is 17.3 Å². The van der Waals surface area contributed by atoms with E-state index in [2.05, 4.69) is 10.2 Å². The topological polar surface area (TPSA) is 69.2 Å². The first-order valence-electron chi connectivity index (χ1n) is 9.15. The maximum Gasteiger partial charge on any atom is 0.222 e. The minimum atomic E-state index is -0.881. The van der Waals surface area contributed by atoms with Gasteiger partial charge in [0.1, 0.15) is 0 Å². The summed E-state index contributed by atoms with van der Waals surface area (Å²) in [7, 11) is 0. The van der Waals surface area contributed by atoms with Gasteiger partial charge in [-0.2, -0.15) is 5.10 Å². The van der Waals surface area contributed by atoms with Crippen molar-refractivity contribution < 1.29 is 9.90 Å². The van der Waals surface area contributed by atoms with Gasteiger partial charge in [0.15, 0.2) is 0 Å². The maximum atomic E-state index is 12.4. The van der Waals surface area contributed by atoms with Gasteiger partial charge < -0.3 is 10.0 Å². The Labute approximate surface area is 151 Å². The molecular formula is C19H22ClN3O2. The van der Waals surface area contributed by atoms with E-state index in [1.807, 2.05) is 17.0 Å². The summed E-state index contributed by atoms with van der Waals surface area (Å²) in [6.45, 7) is 1.57. The minimum Gasteiger partial charge on any atom is -0.385 e. The number of hydrogen-bond donors (Lipinski definition) is 2. The number of likely N-dealkylation sites (tertiary alicyclic amines) is 1. The molecule has 1 saturated heterocycles. The summed E-state index contributed by atoms with van der Waals surface area (Å²) in [5.74, 6) is 1.68. The number of carbonyl (C=O) groups excluding carboxylic acids is 1. The molecule has 5 rings (SSSR count). The molecule has 1 aromatic carbocycles. The first kappa shape index (κ1) is 15.6. The fourth-order valence-electron chi connectivity index (χ4n) is 4.87. The van der Waals surface area contributed by atoms with Gasteiger partial charge in [-0.1, -0.05) is 11.6 Å². The SMILES string of the molecule is O=C(CC1CC1)N1C[C@@H]2CC(O)(c3cc(Cl)cc4[nH]ncc34)C[C@@H]2C1. The molecule has 25 heavy (non-hydrogen) atoms. The lowest BCUT2D eigenvalue weighted by Gasteiger charge is -2.27. The van der Waals surface area contributed by atoms with Crippen LogP contribution in [0.1, 0.15) is 37.7 Å². The first-order chi connectivity index (χ1) is 12.0. The predicted octanol–water partition coefficient (Wildman–Crippen LogP) is 3.07. The first-order valence-corrected chi connectivity index (χ1v) is 9.53. The number of halogens is 1. The zero-order valence-corrected chi connectivity index (χ0v) is 14.8. The fourth-order valence-corrected chi connectivity index (χ4v) is 5.09. The van der Waals surface area contributed by atoms with Gasteiger partial charge in [-0.3, -0.25) is 9.89 Å². The lowest BCUT2D eigenvalue weighted by Crippen LogP contribution is -2.32. The van der Waals surface area contributed by atoms with E-state index in [0.717, 1.165) is 29.6 Å². The molecule has 3 aliphatic rings. The standard InChI is InChI=1S/C19H22ClN3O2/c20-14-4-16(15-8-21-22-17(15)5-14)19(25)6-12-9-23(10-13(12)7-19)18(24)3-11-1-2-11/h4-5,8,11-13,25H,1-3,6-7,9-10H2,(H,21,22)/t12-,13+,19?. The summed E-state index contributed by atoms with van der Waals surface area (Å²) < 4.78 is 0. The summed E-state index contributed by atoms with van der Waals surface area (Å²) in [6.07, 6.45) is 6.27. The van der Waals surface area contributed by atoms with E-state index in [1.54, 1.807) is 6.20 Å². The number of rotatable bonds is 3. The molecule has 1 aliphatic heterocycles. The minimum absolute atomic E-state index is 0.306. The zero-order valence-electron chi connectivity index (χ0n) is 14.0. The average Bonchev–Trinajstić information content (AvgIpc) is 2.97. The highest BCUT2D eigenvalue weighted by Crippen LogP contribution is 2.51. The van der Waals surface area contributed by atoms with Crippen LogP contribution in [0, 0.1) is 17.8 Å². The highest BCUT2D eigenvalue weighted by atomic mass is 35.5. The summed E-state index contributed by atoms with van der Waals surface area (Å²) in [5, 5.41) is 20.0. The number of nitrogens with zero attached hydrogens (tertiary/aromatic N) is 2. The molecule has 1 amide bonds. The second-order valence-corrected chi connectivity index (χ2v) is 8.63. The highest BCUT2D eigenvalue weighted by Gasteiger charge is 2.50. The van der Waals surface area contributed by atoms with Crippen LogP contribution in [0.3, 0.4) is 0 Å². The number of aromatic amines is 1. The number of hydrogen-bond acceptors (Lipinski definition) is 3. The quantitative estimate of drug-likeness (QED) is 0.884. The Morgan fingerprint density at radius 1 is 1.32 bits per heavy atom. The van der Waals surface area contributed by atoms with E-state index in [-0.39, 0.29) is 0 Å². The molecule has 2 heterocycles. The van der Waals surface area contributed by atoms with Gasteiger partial charge in [-0.05, 0) is 61.1 Å². The number of benzene rings is 1. The van der Waals surface area contributed by atoms with Crippen LogP contribution in [0.2, 0.25) is 5.02 Å². The van der Waals surface area contributed by atoms with Crippen LogP contribution in [0.4, 0.5) is 0 Å². The third-order valence-corrected chi connectivity index (χ3v) is 6.53. The number of aromatic nitrogens is 2. The van der Waals surface area contributed by atoms with Crippen LogP contribution >= 0.6 is 11.6 Å². The van der Waals surface area contributed by atoms with Crippen LogP contribution in [-0.2, 0) is 10.4 Å². The number of amides is 1. The van der Waals surface area contributed by atoms with Gasteiger partial charge in [0, 0.05) is 29.9 Å². The van der Waals surface area contributed by atoms with E-state index in [0.29, 0.717) is 47.9 Å². The van der Waals surface area contributed by atoms with Crippen LogP contribution < -0.4 is 0 Å². The molecule has 5 nitrogen and oxygen atoms in total. The second-order valence-electron chi connectivity index (χ2n) is 8.19. The Bertz CT molecular complexity index is 830. The van der Waals surface area contributed by atoms with Crippen molar-refractivity contribution in [1.82, 2.24) is 15.1 Å². The Morgan fingerprint density at radius 3 is 2.72 bits per heavy atom. The van der Waals surface area contributed by atoms with Crippen molar-refractivity contribution in [3.05, 3.63) is 28.9 Å². The van der Waals surface area contributed by atoms with Crippen molar-refractivity contribution in [3.8, 4) is 0 Å². The van der Waals surface area contributed by atoms with Gasteiger partial charge in [0.2, 0.25) is 5.91 Å². The average molecular weight is 360 g/mol.